The lowest BCUT2D eigenvalue weighted by molar-refractivity contribution is -0.145. The van der Waals surface area contributed by atoms with Gasteiger partial charge in [-0.25, -0.2) is 0 Å². The van der Waals surface area contributed by atoms with Gasteiger partial charge in [0.2, 0.25) is 0 Å². The van der Waals surface area contributed by atoms with E-state index in [0.717, 1.165) is 5.01 Å². The van der Waals surface area contributed by atoms with Crippen LogP contribution < -0.4 is 5.01 Å². The zero-order chi connectivity index (χ0) is 10.9. The Morgan fingerprint density at radius 3 is 2.47 bits per heavy atom. The second-order valence-corrected chi connectivity index (χ2v) is 3.27. The summed E-state index contributed by atoms with van der Waals surface area (Å²) in [6, 6.07) is 6.84. The summed E-state index contributed by atoms with van der Waals surface area (Å²) in [5.41, 5.74) is 0.466. The first-order chi connectivity index (χ1) is 7.09. The van der Waals surface area contributed by atoms with Crippen molar-refractivity contribution in [3.05, 3.63) is 30.3 Å². The predicted molar refractivity (Wildman–Crippen MR) is 51.9 cm³/mol. The Bertz CT molecular complexity index is 359. The first kappa shape index (κ1) is 10.0. The molecule has 1 heterocycles. The lowest BCUT2D eigenvalue weighted by atomic mass is 10.2. The first-order valence-corrected chi connectivity index (χ1v) is 4.52. The van der Waals surface area contributed by atoms with E-state index in [4.69, 9.17) is 0 Å². The van der Waals surface area contributed by atoms with Crippen LogP contribution in [0.5, 0.6) is 0 Å². The minimum Gasteiger partial charge on any atom is -0.253 e. The minimum absolute atomic E-state index is 0.0849. The van der Waals surface area contributed by atoms with Gasteiger partial charge in [0.1, 0.15) is 0 Å². The van der Waals surface area contributed by atoms with Gasteiger partial charge in [-0.15, -0.1) is 0 Å². The maximum Gasteiger partial charge on any atom is 0.411 e. The van der Waals surface area contributed by atoms with Crippen molar-refractivity contribution in [3.8, 4) is 0 Å². The molecule has 0 spiro atoms. The Morgan fingerprint density at radius 1 is 1.20 bits per heavy atom. The number of alkyl halides is 3. The maximum atomic E-state index is 12.6. The van der Waals surface area contributed by atoms with Gasteiger partial charge < -0.3 is 0 Å². The van der Waals surface area contributed by atoms with E-state index in [0.29, 0.717) is 5.69 Å². The van der Waals surface area contributed by atoms with E-state index < -0.39 is 12.2 Å². The van der Waals surface area contributed by atoms with Gasteiger partial charge in [0, 0.05) is 12.6 Å². The number of benzene rings is 1. The van der Waals surface area contributed by atoms with Crippen molar-refractivity contribution in [2.24, 2.45) is 5.10 Å². The number of rotatable bonds is 1. The lowest BCUT2D eigenvalue weighted by Gasteiger charge is -2.25. The molecule has 1 unspecified atom stereocenters. The molecule has 1 aliphatic rings. The van der Waals surface area contributed by atoms with Gasteiger partial charge >= 0.3 is 6.18 Å². The predicted octanol–water partition coefficient (Wildman–Crippen LogP) is 2.81. The number of hydrazone groups is 1. The Balaban J connectivity index is 2.26. The molecule has 0 radical (unpaired) electrons. The monoisotopic (exact) mass is 214 g/mol. The summed E-state index contributed by atoms with van der Waals surface area (Å²) in [5.74, 6) is 0. The highest BCUT2D eigenvalue weighted by Gasteiger charge is 2.45. The molecule has 0 saturated heterocycles. The normalized spacial score (nSPS) is 21.0. The zero-order valence-electron chi connectivity index (χ0n) is 7.78. The van der Waals surface area contributed by atoms with E-state index in [1.807, 2.05) is 0 Å². The topological polar surface area (TPSA) is 15.6 Å². The molecule has 1 aromatic rings. The molecular formula is C10H9F3N2. The SMILES string of the molecule is FC(F)(F)C1CC=NN1c1ccccc1. The molecule has 1 aliphatic heterocycles. The summed E-state index contributed by atoms with van der Waals surface area (Å²) < 4.78 is 37.7. The highest BCUT2D eigenvalue weighted by Crippen LogP contribution is 2.33. The van der Waals surface area contributed by atoms with Crippen molar-refractivity contribution in [3.63, 3.8) is 0 Å². The Hall–Kier alpha value is -1.52. The highest BCUT2D eigenvalue weighted by atomic mass is 19.4. The molecule has 0 saturated carbocycles. The van der Waals surface area contributed by atoms with Gasteiger partial charge in [-0.2, -0.15) is 18.3 Å². The minimum atomic E-state index is -4.24. The Kier molecular flexibility index (Phi) is 2.38. The van der Waals surface area contributed by atoms with Gasteiger partial charge in [-0.05, 0) is 12.1 Å². The van der Waals surface area contributed by atoms with Crippen LogP contribution in [0.25, 0.3) is 0 Å². The summed E-state index contributed by atoms with van der Waals surface area (Å²) in [7, 11) is 0. The quantitative estimate of drug-likeness (QED) is 0.701. The van der Waals surface area contributed by atoms with Gasteiger partial charge in [-0.1, -0.05) is 18.2 Å². The number of hydrogen-bond donors (Lipinski definition) is 0. The van der Waals surface area contributed by atoms with Crippen molar-refractivity contribution >= 4 is 11.9 Å². The van der Waals surface area contributed by atoms with E-state index >= 15 is 0 Å². The third-order valence-corrected chi connectivity index (χ3v) is 2.23. The van der Waals surface area contributed by atoms with Crippen molar-refractivity contribution in [1.82, 2.24) is 0 Å². The molecule has 0 N–H and O–H groups in total. The third-order valence-electron chi connectivity index (χ3n) is 2.23. The number of hydrogen-bond acceptors (Lipinski definition) is 2. The second-order valence-electron chi connectivity index (χ2n) is 3.27. The number of anilines is 1. The average molecular weight is 214 g/mol. The van der Waals surface area contributed by atoms with Gasteiger partial charge in [-0.3, -0.25) is 5.01 Å². The van der Waals surface area contributed by atoms with Crippen molar-refractivity contribution in [2.45, 2.75) is 18.6 Å². The van der Waals surface area contributed by atoms with Crippen LogP contribution in [0.4, 0.5) is 18.9 Å². The number of halogens is 3. The molecule has 0 aromatic heterocycles. The average Bonchev–Trinajstić information content (AvgIpc) is 2.67. The fraction of sp³-hybridized carbons (Fsp3) is 0.300. The Labute approximate surface area is 85.0 Å². The summed E-state index contributed by atoms with van der Waals surface area (Å²) in [5, 5.41) is 4.76. The fourth-order valence-corrected chi connectivity index (χ4v) is 1.51. The van der Waals surface area contributed by atoms with Gasteiger partial charge in [0.05, 0.1) is 5.69 Å². The molecule has 0 aliphatic carbocycles. The smallest absolute Gasteiger partial charge is 0.253 e. The maximum absolute atomic E-state index is 12.6. The molecule has 0 bridgehead atoms. The largest absolute Gasteiger partial charge is 0.411 e. The summed E-state index contributed by atoms with van der Waals surface area (Å²) in [6.45, 7) is 0. The first-order valence-electron chi connectivity index (χ1n) is 4.52. The van der Waals surface area contributed by atoms with E-state index in [1.54, 1.807) is 30.3 Å². The molecule has 2 rings (SSSR count). The van der Waals surface area contributed by atoms with E-state index in [-0.39, 0.29) is 6.42 Å². The molecule has 0 amide bonds. The molecule has 80 valence electrons. The van der Waals surface area contributed by atoms with Crippen LogP contribution in [-0.4, -0.2) is 18.4 Å². The number of para-hydroxylation sites is 1. The Morgan fingerprint density at radius 2 is 1.87 bits per heavy atom. The van der Waals surface area contributed by atoms with Crippen LogP contribution in [-0.2, 0) is 0 Å². The third kappa shape index (κ3) is 1.95. The molecule has 2 nitrogen and oxygen atoms in total. The lowest BCUT2D eigenvalue weighted by Crippen LogP contribution is -2.39. The molecule has 1 aromatic carbocycles. The van der Waals surface area contributed by atoms with Gasteiger partial charge in [0.15, 0.2) is 6.04 Å². The molecule has 5 heteroatoms. The van der Waals surface area contributed by atoms with Crippen LogP contribution in [0.2, 0.25) is 0 Å². The van der Waals surface area contributed by atoms with Crippen LogP contribution in [0.3, 0.4) is 0 Å². The number of nitrogens with zero attached hydrogens (tertiary/aromatic N) is 2. The van der Waals surface area contributed by atoms with E-state index in [9.17, 15) is 13.2 Å². The molecule has 0 fully saturated rings. The van der Waals surface area contributed by atoms with Crippen LogP contribution in [0.15, 0.2) is 35.4 Å². The summed E-state index contributed by atoms with van der Waals surface area (Å²) in [6.07, 6.45) is -3.03. The van der Waals surface area contributed by atoms with Crippen LogP contribution >= 0.6 is 0 Å². The van der Waals surface area contributed by atoms with Gasteiger partial charge in [0.25, 0.3) is 0 Å². The summed E-state index contributed by atoms with van der Waals surface area (Å²) >= 11 is 0. The van der Waals surface area contributed by atoms with E-state index in [1.165, 1.54) is 6.21 Å². The van der Waals surface area contributed by atoms with E-state index in [2.05, 4.69) is 5.10 Å². The van der Waals surface area contributed by atoms with Crippen LogP contribution in [0.1, 0.15) is 6.42 Å². The zero-order valence-corrected chi connectivity index (χ0v) is 7.78. The molecule has 1 atom stereocenters. The fourth-order valence-electron chi connectivity index (χ4n) is 1.51. The van der Waals surface area contributed by atoms with Crippen molar-refractivity contribution in [1.29, 1.82) is 0 Å². The van der Waals surface area contributed by atoms with Crippen molar-refractivity contribution in [2.75, 3.05) is 5.01 Å². The molecule has 15 heavy (non-hydrogen) atoms. The standard InChI is InChI=1S/C10H9F3N2/c11-10(12,13)9-6-7-14-15(9)8-4-2-1-3-5-8/h1-5,7,9H,6H2. The molecular weight excluding hydrogens is 205 g/mol. The second kappa shape index (κ2) is 3.56. The van der Waals surface area contributed by atoms with Crippen molar-refractivity contribution < 1.29 is 13.2 Å². The van der Waals surface area contributed by atoms with Crippen LogP contribution in [0, 0.1) is 0 Å². The highest BCUT2D eigenvalue weighted by molar-refractivity contribution is 5.67. The summed E-state index contributed by atoms with van der Waals surface area (Å²) in [4.78, 5) is 0.